The Labute approximate surface area is 168 Å². The minimum absolute atomic E-state index is 0.0537. The number of hydrogen-bond acceptors (Lipinski definition) is 6. The predicted molar refractivity (Wildman–Crippen MR) is 110 cm³/mol. The van der Waals surface area contributed by atoms with Gasteiger partial charge in [0.15, 0.2) is 16.4 Å². The van der Waals surface area contributed by atoms with E-state index in [-0.39, 0.29) is 11.5 Å². The zero-order valence-electron chi connectivity index (χ0n) is 15.4. The quantitative estimate of drug-likeness (QED) is 0.574. The number of benzene rings is 1. The third kappa shape index (κ3) is 5.53. The molecule has 8 heteroatoms. The maximum Gasteiger partial charge on any atom is 0.331 e. The van der Waals surface area contributed by atoms with E-state index in [1.54, 1.807) is 24.3 Å². The molecule has 2 heterocycles. The smallest absolute Gasteiger partial charge is 0.331 e. The molecule has 2 aromatic rings. The van der Waals surface area contributed by atoms with Gasteiger partial charge in [-0.1, -0.05) is 30.3 Å². The summed E-state index contributed by atoms with van der Waals surface area (Å²) in [5, 5.41) is 2.64. The van der Waals surface area contributed by atoms with E-state index in [4.69, 9.17) is 4.74 Å². The summed E-state index contributed by atoms with van der Waals surface area (Å²) < 4.78 is 28.1. The van der Waals surface area contributed by atoms with Crippen molar-refractivity contribution in [2.45, 2.75) is 18.9 Å². The number of carbonyl (C=O) groups is 2. The summed E-state index contributed by atoms with van der Waals surface area (Å²) >= 11 is 1.54. The Morgan fingerprint density at radius 2 is 1.96 bits per heavy atom. The molecule has 0 radical (unpaired) electrons. The van der Waals surface area contributed by atoms with E-state index < -0.39 is 33.9 Å². The summed E-state index contributed by atoms with van der Waals surface area (Å²) in [4.78, 5) is 25.8. The van der Waals surface area contributed by atoms with Gasteiger partial charge < -0.3 is 10.1 Å². The van der Waals surface area contributed by atoms with E-state index in [1.807, 2.05) is 42.5 Å². The molecule has 148 valence electrons. The Kier molecular flexibility index (Phi) is 6.00. The van der Waals surface area contributed by atoms with Crippen molar-refractivity contribution in [3.63, 3.8) is 0 Å². The predicted octanol–water partition coefficient (Wildman–Crippen LogP) is 2.66. The van der Waals surface area contributed by atoms with Crippen LogP contribution in [0, 0.1) is 0 Å². The number of esters is 1. The number of rotatable bonds is 6. The van der Waals surface area contributed by atoms with Crippen molar-refractivity contribution < 1.29 is 22.7 Å². The van der Waals surface area contributed by atoms with Crippen LogP contribution in [0.2, 0.25) is 0 Å². The van der Waals surface area contributed by atoms with Crippen molar-refractivity contribution in [1.29, 1.82) is 0 Å². The molecule has 0 saturated carbocycles. The van der Waals surface area contributed by atoms with Crippen molar-refractivity contribution >= 4 is 39.1 Å². The average molecular weight is 420 g/mol. The van der Waals surface area contributed by atoms with Gasteiger partial charge in [-0.05, 0) is 37.1 Å². The Morgan fingerprint density at radius 3 is 2.64 bits per heavy atom. The van der Waals surface area contributed by atoms with Crippen molar-refractivity contribution in [3.8, 4) is 10.4 Å². The van der Waals surface area contributed by atoms with Crippen LogP contribution in [0.5, 0.6) is 0 Å². The lowest BCUT2D eigenvalue weighted by molar-refractivity contribution is -0.144. The lowest BCUT2D eigenvalue weighted by Gasteiger charge is -2.23. The van der Waals surface area contributed by atoms with E-state index in [0.29, 0.717) is 6.42 Å². The number of sulfone groups is 1. The largest absolute Gasteiger partial charge is 0.452 e. The van der Waals surface area contributed by atoms with Crippen molar-refractivity contribution in [2.24, 2.45) is 0 Å². The molecule has 1 saturated heterocycles. The molecule has 0 spiro atoms. The van der Waals surface area contributed by atoms with Crippen molar-refractivity contribution in [3.05, 3.63) is 53.4 Å². The normalized spacial score (nSPS) is 20.9. The van der Waals surface area contributed by atoms with Crippen LogP contribution >= 0.6 is 11.3 Å². The molecule has 1 aromatic carbocycles. The van der Waals surface area contributed by atoms with Crippen molar-refractivity contribution in [1.82, 2.24) is 5.32 Å². The fraction of sp³-hybridized carbons (Fsp3) is 0.300. The second-order valence-electron chi connectivity index (χ2n) is 6.96. The van der Waals surface area contributed by atoms with Crippen LogP contribution in [0.4, 0.5) is 0 Å². The molecule has 3 rings (SSSR count). The van der Waals surface area contributed by atoms with Crippen LogP contribution < -0.4 is 5.32 Å². The molecule has 0 bridgehead atoms. The third-order valence-corrected chi connectivity index (χ3v) is 7.36. The van der Waals surface area contributed by atoms with Crippen molar-refractivity contribution in [2.75, 3.05) is 18.1 Å². The molecule has 1 amide bonds. The van der Waals surface area contributed by atoms with Crippen LogP contribution in [0.1, 0.15) is 18.2 Å². The zero-order valence-corrected chi connectivity index (χ0v) is 17.0. The highest BCUT2D eigenvalue weighted by Gasteiger charge is 2.39. The molecule has 28 heavy (non-hydrogen) atoms. The zero-order chi connectivity index (χ0) is 20.2. The maximum atomic E-state index is 11.9. The van der Waals surface area contributed by atoms with Gasteiger partial charge in [0.05, 0.1) is 17.0 Å². The fourth-order valence-electron chi connectivity index (χ4n) is 3.02. The molecule has 0 unspecified atom stereocenters. The molecule has 1 aliphatic rings. The average Bonchev–Trinajstić information content (AvgIpc) is 3.23. The molecule has 0 aliphatic carbocycles. The first kappa shape index (κ1) is 20.3. The first-order valence-electron chi connectivity index (χ1n) is 8.76. The van der Waals surface area contributed by atoms with Gasteiger partial charge in [0.2, 0.25) is 0 Å². The third-order valence-electron chi connectivity index (χ3n) is 4.36. The highest BCUT2D eigenvalue weighted by molar-refractivity contribution is 7.91. The summed E-state index contributed by atoms with van der Waals surface area (Å²) in [6, 6.07) is 13.8. The van der Waals surface area contributed by atoms with Gasteiger partial charge in [-0.15, -0.1) is 11.3 Å². The van der Waals surface area contributed by atoms with Gasteiger partial charge in [-0.2, -0.15) is 0 Å². The van der Waals surface area contributed by atoms with E-state index in [0.717, 1.165) is 15.3 Å². The molecule has 1 aromatic heterocycles. The summed E-state index contributed by atoms with van der Waals surface area (Å²) in [7, 11) is -3.12. The number of nitrogens with one attached hydrogen (secondary N) is 1. The summed E-state index contributed by atoms with van der Waals surface area (Å²) in [5.74, 6) is -1.18. The number of hydrogen-bond donors (Lipinski definition) is 1. The van der Waals surface area contributed by atoms with Crippen LogP contribution in [0.15, 0.2) is 48.5 Å². The Hall–Kier alpha value is -2.45. The van der Waals surface area contributed by atoms with Crippen LogP contribution in [0.3, 0.4) is 0 Å². The van der Waals surface area contributed by atoms with Gasteiger partial charge in [0.25, 0.3) is 5.91 Å². The fourth-order valence-corrected chi connectivity index (χ4v) is 6.03. The van der Waals surface area contributed by atoms with Crippen LogP contribution in [-0.2, 0) is 24.2 Å². The standard InChI is InChI=1S/C20H21NO5S2/c1-20(11-12-28(24,25)14-20)21-18(22)13-26-19(23)10-8-16-7-9-17(27-16)15-5-3-2-4-6-15/h2-10H,11-14H2,1H3,(H,21,22)/b10-8+/t20-/m1/s1. The molecule has 6 nitrogen and oxygen atoms in total. The number of ether oxygens (including phenoxy) is 1. The van der Waals surface area contributed by atoms with Gasteiger partial charge in [0, 0.05) is 15.8 Å². The Morgan fingerprint density at radius 1 is 1.21 bits per heavy atom. The molecule has 1 fully saturated rings. The van der Waals surface area contributed by atoms with Gasteiger partial charge >= 0.3 is 5.97 Å². The van der Waals surface area contributed by atoms with Gasteiger partial charge in [-0.3, -0.25) is 4.79 Å². The van der Waals surface area contributed by atoms with Crippen LogP contribution in [0.25, 0.3) is 16.5 Å². The maximum absolute atomic E-state index is 11.9. The first-order valence-corrected chi connectivity index (χ1v) is 11.4. The SMILES string of the molecule is C[C@@]1(NC(=O)COC(=O)/C=C/c2ccc(-c3ccccc3)s2)CCS(=O)(=O)C1. The van der Waals surface area contributed by atoms with E-state index in [1.165, 1.54) is 6.08 Å². The minimum Gasteiger partial charge on any atom is -0.452 e. The molecule has 1 N–H and O–H groups in total. The van der Waals surface area contributed by atoms with E-state index >= 15 is 0 Å². The molecular formula is C20H21NO5S2. The second kappa shape index (κ2) is 8.28. The number of carbonyl (C=O) groups excluding carboxylic acids is 2. The first-order chi connectivity index (χ1) is 13.2. The lowest BCUT2D eigenvalue weighted by atomic mass is 10.0. The van der Waals surface area contributed by atoms with Gasteiger partial charge in [-0.25, -0.2) is 13.2 Å². The Bertz CT molecular complexity index is 995. The molecular weight excluding hydrogens is 398 g/mol. The Balaban J connectivity index is 1.48. The highest BCUT2D eigenvalue weighted by atomic mass is 32.2. The minimum atomic E-state index is -3.12. The second-order valence-corrected chi connectivity index (χ2v) is 10.3. The lowest BCUT2D eigenvalue weighted by Crippen LogP contribution is -2.48. The number of thiophene rings is 1. The topological polar surface area (TPSA) is 89.5 Å². The van der Waals surface area contributed by atoms with Crippen LogP contribution in [-0.4, -0.2) is 43.9 Å². The van der Waals surface area contributed by atoms with E-state index in [9.17, 15) is 18.0 Å². The summed E-state index contributed by atoms with van der Waals surface area (Å²) in [5.41, 5.74) is 0.303. The van der Waals surface area contributed by atoms with E-state index in [2.05, 4.69) is 5.32 Å². The molecule has 1 atom stereocenters. The monoisotopic (exact) mass is 419 g/mol. The summed E-state index contributed by atoms with van der Waals surface area (Å²) in [6.45, 7) is 1.23. The van der Waals surface area contributed by atoms with Gasteiger partial charge in [0.1, 0.15) is 0 Å². The number of amides is 1. The summed E-state index contributed by atoms with van der Waals surface area (Å²) in [6.07, 6.45) is 3.27. The molecule has 1 aliphatic heterocycles. The highest BCUT2D eigenvalue weighted by Crippen LogP contribution is 2.28.